The molecule has 2 aromatic carbocycles. The maximum Gasteiger partial charge on any atom is 0.325 e. The van der Waals surface area contributed by atoms with Gasteiger partial charge in [0.05, 0.1) is 0 Å². The highest BCUT2D eigenvalue weighted by atomic mass is 16.7. The second kappa shape index (κ2) is 7.37. The average Bonchev–Trinajstić information content (AvgIpc) is 3.28. The molecule has 1 atom stereocenters. The molecule has 0 bridgehead atoms. The first kappa shape index (κ1) is 19.8. The highest BCUT2D eigenvalue weighted by Crippen LogP contribution is 2.37. The summed E-state index contributed by atoms with van der Waals surface area (Å²) in [6.07, 6.45) is 0. The molecular formula is C22H23N3O5. The minimum Gasteiger partial charge on any atom is -0.454 e. The van der Waals surface area contributed by atoms with Crippen molar-refractivity contribution in [3.05, 3.63) is 53.6 Å². The van der Waals surface area contributed by atoms with Crippen molar-refractivity contribution < 1.29 is 23.9 Å². The fourth-order valence-corrected chi connectivity index (χ4v) is 3.81. The lowest BCUT2D eigenvalue weighted by Crippen LogP contribution is -2.44. The van der Waals surface area contributed by atoms with Crippen molar-refractivity contribution in [2.24, 2.45) is 0 Å². The average molecular weight is 409 g/mol. The van der Waals surface area contributed by atoms with Gasteiger partial charge < -0.3 is 19.7 Å². The highest BCUT2D eigenvalue weighted by Gasteiger charge is 2.50. The van der Waals surface area contributed by atoms with Gasteiger partial charge in [-0.3, -0.25) is 14.5 Å². The van der Waals surface area contributed by atoms with Gasteiger partial charge in [0.1, 0.15) is 12.1 Å². The second-order valence-corrected chi connectivity index (χ2v) is 7.44. The van der Waals surface area contributed by atoms with E-state index in [4.69, 9.17) is 9.47 Å². The quantitative estimate of drug-likeness (QED) is 0.767. The summed E-state index contributed by atoms with van der Waals surface area (Å²) in [5.74, 6) is 0.288. The van der Waals surface area contributed by atoms with Crippen LogP contribution in [0.2, 0.25) is 0 Å². The Kier molecular flexibility index (Phi) is 4.85. The van der Waals surface area contributed by atoms with Crippen LogP contribution in [0.5, 0.6) is 11.5 Å². The molecule has 1 saturated heterocycles. The zero-order chi connectivity index (χ0) is 21.5. The van der Waals surface area contributed by atoms with Gasteiger partial charge in [-0.25, -0.2) is 4.79 Å². The molecule has 4 amide bonds. The first-order chi connectivity index (χ1) is 14.3. The van der Waals surface area contributed by atoms with E-state index < -0.39 is 17.5 Å². The van der Waals surface area contributed by atoms with E-state index in [1.807, 2.05) is 38.1 Å². The molecular weight excluding hydrogens is 386 g/mol. The Hall–Kier alpha value is -3.55. The van der Waals surface area contributed by atoms with Crippen LogP contribution in [0, 0.1) is 6.92 Å². The number of hydrogen-bond donors (Lipinski definition) is 1. The number of ether oxygens (including phenoxy) is 2. The summed E-state index contributed by atoms with van der Waals surface area (Å²) in [6.45, 7) is 5.58. The van der Waals surface area contributed by atoms with Crippen molar-refractivity contribution in [1.29, 1.82) is 0 Å². The molecule has 30 heavy (non-hydrogen) atoms. The van der Waals surface area contributed by atoms with Crippen molar-refractivity contribution >= 4 is 23.5 Å². The molecule has 1 fully saturated rings. The Morgan fingerprint density at radius 2 is 1.90 bits per heavy atom. The first-order valence-corrected chi connectivity index (χ1v) is 9.75. The van der Waals surface area contributed by atoms with E-state index in [2.05, 4.69) is 5.32 Å². The lowest BCUT2D eigenvalue weighted by atomic mass is 9.91. The summed E-state index contributed by atoms with van der Waals surface area (Å²) < 4.78 is 10.7. The summed E-state index contributed by atoms with van der Waals surface area (Å²) in [6, 6.07) is 12.0. The molecule has 4 rings (SSSR count). The minimum atomic E-state index is -1.29. The number of rotatable bonds is 5. The van der Waals surface area contributed by atoms with Gasteiger partial charge in [-0.15, -0.1) is 0 Å². The number of amides is 4. The van der Waals surface area contributed by atoms with Crippen LogP contribution in [-0.4, -0.2) is 42.6 Å². The maximum atomic E-state index is 13.2. The molecule has 0 radical (unpaired) electrons. The van der Waals surface area contributed by atoms with E-state index in [0.29, 0.717) is 23.6 Å². The molecule has 2 aliphatic rings. The van der Waals surface area contributed by atoms with Gasteiger partial charge in [0.2, 0.25) is 12.7 Å². The highest BCUT2D eigenvalue weighted by molar-refractivity contribution is 6.10. The number of imide groups is 1. The number of benzene rings is 2. The predicted molar refractivity (Wildman–Crippen MR) is 109 cm³/mol. The Balaban J connectivity index is 1.57. The molecule has 0 aromatic heterocycles. The number of fused-ring (bicyclic) bond motifs is 1. The Morgan fingerprint density at radius 3 is 2.63 bits per heavy atom. The lowest BCUT2D eigenvalue weighted by molar-refractivity contribution is -0.134. The molecule has 1 unspecified atom stereocenters. The van der Waals surface area contributed by atoms with Crippen molar-refractivity contribution in [3.8, 4) is 11.5 Å². The van der Waals surface area contributed by atoms with Gasteiger partial charge in [0.25, 0.3) is 5.91 Å². The molecule has 0 saturated carbocycles. The normalized spacial score (nSPS) is 19.8. The van der Waals surface area contributed by atoms with Gasteiger partial charge in [-0.2, -0.15) is 0 Å². The molecule has 2 aromatic rings. The van der Waals surface area contributed by atoms with E-state index in [-0.39, 0.29) is 19.2 Å². The number of para-hydroxylation sites is 1. The Morgan fingerprint density at radius 1 is 1.17 bits per heavy atom. The van der Waals surface area contributed by atoms with Gasteiger partial charge in [-0.05, 0) is 50.1 Å². The summed E-state index contributed by atoms with van der Waals surface area (Å²) in [7, 11) is 0. The second-order valence-electron chi connectivity index (χ2n) is 7.44. The van der Waals surface area contributed by atoms with Crippen LogP contribution < -0.4 is 19.7 Å². The smallest absolute Gasteiger partial charge is 0.325 e. The molecule has 2 heterocycles. The lowest BCUT2D eigenvalue weighted by Gasteiger charge is -2.25. The van der Waals surface area contributed by atoms with Crippen LogP contribution in [0.25, 0.3) is 0 Å². The van der Waals surface area contributed by atoms with E-state index >= 15 is 0 Å². The number of likely N-dealkylation sites (N-methyl/N-ethyl adjacent to an activating group) is 1. The number of nitrogens with zero attached hydrogens (tertiary/aromatic N) is 2. The standard InChI is InChI=1S/C22H23N3O5/c1-4-24(16-8-6-5-7-14(16)2)19(26)12-25-20(27)22(3,23-21(25)28)15-9-10-17-18(11-15)30-13-29-17/h5-11H,4,12-13H2,1-3H3,(H,23,28). The Labute approximate surface area is 174 Å². The van der Waals surface area contributed by atoms with E-state index in [1.54, 1.807) is 30.0 Å². The number of anilines is 1. The van der Waals surface area contributed by atoms with Crippen LogP contribution in [0.1, 0.15) is 25.0 Å². The third-order valence-corrected chi connectivity index (χ3v) is 5.54. The van der Waals surface area contributed by atoms with Gasteiger partial charge in [-0.1, -0.05) is 24.3 Å². The fourth-order valence-electron chi connectivity index (χ4n) is 3.81. The molecule has 1 N–H and O–H groups in total. The third kappa shape index (κ3) is 3.14. The number of hydrogen-bond acceptors (Lipinski definition) is 5. The SMILES string of the molecule is CCN(C(=O)CN1C(=O)NC(C)(c2ccc3c(c2)OCO3)C1=O)c1ccccc1C. The number of nitrogens with one attached hydrogen (secondary N) is 1. The topological polar surface area (TPSA) is 88.2 Å². The third-order valence-electron chi connectivity index (χ3n) is 5.54. The van der Waals surface area contributed by atoms with Crippen LogP contribution in [0.15, 0.2) is 42.5 Å². The van der Waals surface area contributed by atoms with Gasteiger partial charge in [0, 0.05) is 12.2 Å². The molecule has 2 aliphatic heterocycles. The molecule has 0 aliphatic carbocycles. The molecule has 8 nitrogen and oxygen atoms in total. The van der Waals surface area contributed by atoms with Crippen molar-refractivity contribution in [2.75, 3.05) is 24.8 Å². The maximum absolute atomic E-state index is 13.2. The van der Waals surface area contributed by atoms with Crippen LogP contribution >= 0.6 is 0 Å². The monoisotopic (exact) mass is 409 g/mol. The zero-order valence-electron chi connectivity index (χ0n) is 17.1. The number of carbonyl (C=O) groups is 3. The number of aryl methyl sites for hydroxylation is 1. The van der Waals surface area contributed by atoms with E-state index in [1.165, 1.54) is 0 Å². The summed E-state index contributed by atoms with van der Waals surface area (Å²) in [4.78, 5) is 41.3. The minimum absolute atomic E-state index is 0.113. The van der Waals surface area contributed by atoms with E-state index in [0.717, 1.165) is 16.2 Å². The number of carbonyl (C=O) groups excluding carboxylic acids is 3. The summed E-state index contributed by atoms with van der Waals surface area (Å²) in [5, 5.41) is 2.72. The van der Waals surface area contributed by atoms with Crippen LogP contribution in [0.4, 0.5) is 10.5 Å². The number of urea groups is 1. The van der Waals surface area contributed by atoms with Crippen LogP contribution in [0.3, 0.4) is 0 Å². The Bertz CT molecular complexity index is 1040. The largest absolute Gasteiger partial charge is 0.454 e. The van der Waals surface area contributed by atoms with Gasteiger partial charge in [0.15, 0.2) is 11.5 Å². The van der Waals surface area contributed by atoms with Crippen molar-refractivity contribution in [1.82, 2.24) is 10.2 Å². The summed E-state index contributed by atoms with van der Waals surface area (Å²) >= 11 is 0. The van der Waals surface area contributed by atoms with E-state index in [9.17, 15) is 14.4 Å². The molecule has 0 spiro atoms. The fraction of sp³-hybridized carbons (Fsp3) is 0.318. The summed E-state index contributed by atoms with van der Waals surface area (Å²) in [5.41, 5.74) is 0.967. The van der Waals surface area contributed by atoms with Crippen molar-refractivity contribution in [2.45, 2.75) is 26.3 Å². The van der Waals surface area contributed by atoms with Crippen molar-refractivity contribution in [3.63, 3.8) is 0 Å². The van der Waals surface area contributed by atoms with Crippen LogP contribution in [-0.2, 0) is 15.1 Å². The predicted octanol–water partition coefficient (Wildman–Crippen LogP) is 2.54. The zero-order valence-corrected chi connectivity index (χ0v) is 17.1. The molecule has 156 valence electrons. The first-order valence-electron chi connectivity index (χ1n) is 9.75. The van der Waals surface area contributed by atoms with Gasteiger partial charge >= 0.3 is 6.03 Å². The molecule has 8 heteroatoms.